The van der Waals surface area contributed by atoms with Crippen LogP contribution in [0.5, 0.6) is 0 Å². The Kier molecular flexibility index (Phi) is 5.92. The van der Waals surface area contributed by atoms with E-state index in [-0.39, 0.29) is 10.6 Å². The molecule has 0 radical (unpaired) electrons. The van der Waals surface area contributed by atoms with Crippen molar-refractivity contribution in [3.63, 3.8) is 0 Å². The summed E-state index contributed by atoms with van der Waals surface area (Å²) in [4.78, 5) is 26.4. The summed E-state index contributed by atoms with van der Waals surface area (Å²) in [5.41, 5.74) is 0.362. The van der Waals surface area contributed by atoms with Crippen LogP contribution < -0.4 is 11.0 Å². The van der Waals surface area contributed by atoms with Crippen LogP contribution in [-0.4, -0.2) is 30.1 Å². The van der Waals surface area contributed by atoms with Gasteiger partial charge in [0, 0.05) is 5.69 Å². The van der Waals surface area contributed by atoms with Crippen LogP contribution in [0.3, 0.4) is 0 Å². The Hall–Kier alpha value is -3.27. The van der Waals surface area contributed by atoms with Gasteiger partial charge in [-0.1, -0.05) is 13.3 Å². The number of ether oxygens (including phenoxy) is 1. The third kappa shape index (κ3) is 4.43. The Morgan fingerprint density at radius 2 is 2.10 bits per heavy atom. The van der Waals surface area contributed by atoms with Gasteiger partial charge in [-0.05, 0) is 49.2 Å². The zero-order valence-corrected chi connectivity index (χ0v) is 16.8. The third-order valence-electron chi connectivity index (χ3n) is 4.20. The first-order valence-corrected chi connectivity index (χ1v) is 10.4. The number of aryl methyl sites for hydroxylation is 1. The van der Waals surface area contributed by atoms with Crippen LogP contribution in [0.2, 0.25) is 0 Å². The molecule has 3 aromatic rings. The average molecular weight is 419 g/mol. The number of hydrogen-bond donors (Lipinski definition) is 2. The zero-order valence-electron chi connectivity index (χ0n) is 16.0. The number of nitrogens with one attached hydrogen (secondary N) is 2. The molecule has 9 nitrogen and oxygen atoms in total. The molecule has 3 rings (SSSR count). The maximum atomic E-state index is 12.9. The molecule has 29 heavy (non-hydrogen) atoms. The van der Waals surface area contributed by atoms with E-state index >= 15 is 0 Å². The maximum Gasteiger partial charge on any atom is 0.411 e. The van der Waals surface area contributed by atoms with E-state index < -0.39 is 21.8 Å². The van der Waals surface area contributed by atoms with Gasteiger partial charge >= 0.3 is 11.8 Å². The van der Waals surface area contributed by atoms with Gasteiger partial charge in [0.25, 0.3) is 10.0 Å². The lowest BCUT2D eigenvalue weighted by atomic mass is 10.2. The van der Waals surface area contributed by atoms with Crippen LogP contribution in [0.4, 0.5) is 10.5 Å². The van der Waals surface area contributed by atoms with Crippen molar-refractivity contribution >= 4 is 21.8 Å². The molecule has 0 fully saturated rings. The number of hydrogen-bond acceptors (Lipinski definition) is 6. The molecule has 154 valence electrons. The number of carbonyl (C=O) groups excluding carboxylic acids is 1. The summed E-state index contributed by atoms with van der Waals surface area (Å²) in [6.45, 7) is 3.94. The molecule has 0 aliphatic rings. The molecule has 2 heterocycles. The van der Waals surface area contributed by atoms with Crippen molar-refractivity contribution in [3.8, 4) is 11.5 Å². The number of H-pyrrole nitrogens is 1. The van der Waals surface area contributed by atoms with E-state index in [1.165, 1.54) is 30.7 Å². The SMILES string of the molecule is CCCCOC(=O)Nc1ccc(S(=O)(=O)n2cc(-c3ccco3)[nH]c2=O)cc1C. The number of aromatic amines is 1. The van der Waals surface area contributed by atoms with Gasteiger partial charge in [-0.3, -0.25) is 5.32 Å². The minimum atomic E-state index is -4.14. The molecule has 0 saturated heterocycles. The van der Waals surface area contributed by atoms with Crippen LogP contribution in [-0.2, 0) is 14.8 Å². The zero-order chi connectivity index (χ0) is 21.0. The Bertz CT molecular complexity index is 1160. The first-order chi connectivity index (χ1) is 13.8. The highest BCUT2D eigenvalue weighted by Crippen LogP contribution is 2.23. The Labute approximate surface area is 167 Å². The highest BCUT2D eigenvalue weighted by atomic mass is 32.2. The number of furan rings is 1. The molecular formula is C19H21N3O6S. The van der Waals surface area contributed by atoms with Crippen molar-refractivity contribution in [2.24, 2.45) is 0 Å². The van der Waals surface area contributed by atoms with Gasteiger partial charge in [0.1, 0.15) is 5.69 Å². The largest absolute Gasteiger partial charge is 0.463 e. The fraction of sp³-hybridized carbons (Fsp3) is 0.263. The van der Waals surface area contributed by atoms with E-state index in [2.05, 4.69) is 10.3 Å². The van der Waals surface area contributed by atoms with Crippen LogP contribution in [0.15, 0.2) is 56.9 Å². The second-order valence-corrected chi connectivity index (χ2v) is 8.16. The highest BCUT2D eigenvalue weighted by molar-refractivity contribution is 7.90. The Balaban J connectivity index is 1.84. The average Bonchev–Trinajstić information content (AvgIpc) is 3.33. The predicted molar refractivity (Wildman–Crippen MR) is 106 cm³/mol. The third-order valence-corrected chi connectivity index (χ3v) is 5.84. The summed E-state index contributed by atoms with van der Waals surface area (Å²) in [6.07, 6.45) is 3.64. The quantitative estimate of drug-likeness (QED) is 0.566. The van der Waals surface area contributed by atoms with Crippen molar-refractivity contribution in [2.45, 2.75) is 31.6 Å². The molecule has 0 aliphatic heterocycles. The molecule has 0 bridgehead atoms. The molecule has 0 atom stereocenters. The summed E-state index contributed by atoms with van der Waals surface area (Å²) in [5, 5.41) is 2.58. The minimum absolute atomic E-state index is 0.0907. The number of aromatic nitrogens is 2. The van der Waals surface area contributed by atoms with Crippen LogP contribution in [0.25, 0.3) is 11.5 Å². The van der Waals surface area contributed by atoms with Crippen molar-refractivity contribution in [1.29, 1.82) is 0 Å². The van der Waals surface area contributed by atoms with E-state index in [1.54, 1.807) is 19.1 Å². The molecule has 2 aromatic heterocycles. The molecule has 0 saturated carbocycles. The van der Waals surface area contributed by atoms with Gasteiger partial charge in [-0.25, -0.2) is 18.0 Å². The van der Waals surface area contributed by atoms with Crippen molar-refractivity contribution in [2.75, 3.05) is 11.9 Å². The monoisotopic (exact) mass is 419 g/mol. The number of unbranched alkanes of at least 4 members (excludes halogenated alkanes) is 1. The van der Waals surface area contributed by atoms with Gasteiger partial charge in [0.05, 0.1) is 24.0 Å². The fourth-order valence-corrected chi connectivity index (χ4v) is 3.92. The Morgan fingerprint density at radius 1 is 1.31 bits per heavy atom. The number of nitrogens with zero attached hydrogens (tertiary/aromatic N) is 1. The van der Waals surface area contributed by atoms with Crippen LogP contribution in [0.1, 0.15) is 25.3 Å². The molecule has 10 heteroatoms. The van der Waals surface area contributed by atoms with Gasteiger partial charge in [-0.15, -0.1) is 0 Å². The van der Waals surface area contributed by atoms with Gasteiger partial charge in [0.15, 0.2) is 5.76 Å². The first kappa shape index (κ1) is 20.5. The predicted octanol–water partition coefficient (Wildman–Crippen LogP) is 3.33. The van der Waals surface area contributed by atoms with E-state index in [4.69, 9.17) is 9.15 Å². The van der Waals surface area contributed by atoms with Crippen molar-refractivity contribution in [1.82, 2.24) is 8.96 Å². The smallest absolute Gasteiger partial charge is 0.411 e. The topological polar surface area (TPSA) is 123 Å². The molecule has 0 aliphatic carbocycles. The number of amides is 1. The fourth-order valence-electron chi connectivity index (χ4n) is 2.62. The Morgan fingerprint density at radius 3 is 2.76 bits per heavy atom. The summed E-state index contributed by atoms with van der Waals surface area (Å²) >= 11 is 0. The van der Waals surface area contributed by atoms with E-state index in [0.717, 1.165) is 12.8 Å². The van der Waals surface area contributed by atoms with Crippen LogP contribution >= 0.6 is 0 Å². The molecule has 1 amide bonds. The highest BCUT2D eigenvalue weighted by Gasteiger charge is 2.22. The lowest BCUT2D eigenvalue weighted by Crippen LogP contribution is -2.24. The minimum Gasteiger partial charge on any atom is -0.463 e. The van der Waals surface area contributed by atoms with Gasteiger partial charge in [0.2, 0.25) is 0 Å². The molecular weight excluding hydrogens is 398 g/mol. The van der Waals surface area contributed by atoms with Gasteiger partial charge in [-0.2, -0.15) is 3.97 Å². The van der Waals surface area contributed by atoms with Crippen molar-refractivity contribution < 1.29 is 22.4 Å². The lowest BCUT2D eigenvalue weighted by molar-refractivity contribution is 0.160. The number of rotatable bonds is 7. The first-order valence-electron chi connectivity index (χ1n) is 8.98. The standard InChI is InChI=1S/C19H21N3O6S/c1-3-4-9-28-19(24)21-15-8-7-14(11-13(15)2)29(25,26)22-12-16(20-18(22)23)17-6-5-10-27-17/h5-8,10-12H,3-4,9H2,1-2H3,(H,20,23)(H,21,24). The maximum absolute atomic E-state index is 12.9. The lowest BCUT2D eigenvalue weighted by Gasteiger charge is -2.11. The summed E-state index contributed by atoms with van der Waals surface area (Å²) in [7, 11) is -4.14. The van der Waals surface area contributed by atoms with Crippen molar-refractivity contribution in [3.05, 3.63) is 58.8 Å². The van der Waals surface area contributed by atoms with Crippen LogP contribution in [0, 0.1) is 6.92 Å². The number of carbonyl (C=O) groups is 1. The number of benzene rings is 1. The number of anilines is 1. The van der Waals surface area contributed by atoms with E-state index in [1.807, 2.05) is 6.92 Å². The molecule has 0 unspecified atom stereocenters. The summed E-state index contributed by atoms with van der Waals surface area (Å²) in [6, 6.07) is 7.38. The van der Waals surface area contributed by atoms with E-state index in [0.29, 0.717) is 27.6 Å². The number of imidazole rings is 1. The second kappa shape index (κ2) is 8.39. The second-order valence-electron chi connectivity index (χ2n) is 6.34. The normalized spacial score (nSPS) is 11.4. The van der Waals surface area contributed by atoms with Gasteiger partial charge < -0.3 is 14.1 Å². The summed E-state index contributed by atoms with van der Waals surface area (Å²) in [5.74, 6) is 0.341. The molecule has 0 spiro atoms. The van der Waals surface area contributed by atoms with E-state index in [9.17, 15) is 18.0 Å². The molecule has 2 N–H and O–H groups in total. The summed E-state index contributed by atoms with van der Waals surface area (Å²) < 4.78 is 36.6. The molecule has 1 aromatic carbocycles.